The maximum atomic E-state index is 14.1. The molecule has 0 aromatic rings. The molecule has 0 aliphatic carbocycles. The molecule has 10 aliphatic heterocycles. The Morgan fingerprint density at radius 3 is 2.44 bits per heavy atom. The molecule has 12 bridgehead atoms. The largest absolute Gasteiger partial charge is 0.392 e. The Balaban J connectivity index is 1.01. The van der Waals surface area contributed by atoms with Gasteiger partial charge in [0.05, 0.1) is 67.1 Å². The van der Waals surface area contributed by atoms with Crippen molar-refractivity contribution in [3.63, 3.8) is 0 Å². The van der Waals surface area contributed by atoms with Gasteiger partial charge in [0.1, 0.15) is 35.8 Å². The first kappa shape index (κ1) is 38.2. The maximum Gasteiger partial charge on any atom is 0.172 e. The number of ether oxygens (including phenoxy) is 9. The average molecular weight is 758 g/mol. The van der Waals surface area contributed by atoms with Crippen molar-refractivity contribution in [3.05, 3.63) is 24.3 Å². The molecule has 1 spiro atoms. The second kappa shape index (κ2) is 14.5. The van der Waals surface area contributed by atoms with E-state index in [4.69, 9.17) is 48.4 Å². The summed E-state index contributed by atoms with van der Waals surface area (Å²) in [4.78, 5) is 14.1. The third kappa shape index (κ3) is 6.61. The Hall–Kier alpha value is -1.29. The van der Waals surface area contributed by atoms with E-state index >= 15 is 0 Å². The number of methoxy groups -OCH3 is 1. The number of rotatable bonds is 4. The molecule has 10 fully saturated rings. The number of Topliss-reactive ketones (excluding diaryl/α,β-unsaturated/α-hetero) is 1. The summed E-state index contributed by atoms with van der Waals surface area (Å²) in [7, 11) is 1.66. The molecule has 0 radical (unpaired) electrons. The van der Waals surface area contributed by atoms with Gasteiger partial charge in [0.2, 0.25) is 0 Å². The number of fused-ring (bicyclic) bond motifs is 6. The SMILES string of the molecule is C=C1C[C@H]2OC1CC[C@H]1C[C@@H](C)C(=C)C(C[C@@H]3O[C@H](C[C@H](O)CN)[C@H](OC)C3CC(=O)C[C@H]3CC[C@@H]4O[C@@]5(C)C6O[C@@]7(CC6O[C@H]5[C@@H](O7)[C@H]4O3)CC2C)O1. The molecular formula is C42H63NO11. The van der Waals surface area contributed by atoms with Crippen LogP contribution >= 0.6 is 0 Å². The van der Waals surface area contributed by atoms with Crippen LogP contribution in [0.25, 0.3) is 0 Å². The molecular weight excluding hydrogens is 694 g/mol. The van der Waals surface area contributed by atoms with Gasteiger partial charge in [-0.3, -0.25) is 4.79 Å². The molecule has 10 aliphatic rings. The van der Waals surface area contributed by atoms with Crippen molar-refractivity contribution in [2.75, 3.05) is 13.7 Å². The standard InChI is InChI=1S/C42H63NO11/c1-20-11-26-7-9-29-21(2)12-31(49-29)22(3)17-42-18-35-39(54-42)41(5)40(51-35)38(53-42)37-30(52-41)10-8-27(48-37)13-24(44)14-28-33(16-32(47-26)23(20)4)50-34(36(28)46-6)15-25(45)19-43/h20,22,25-40,45H,2,4,7-19,43H2,1,3,5-6H3/t20-,22?,25+,26+,27-,28?,29?,30+,31-,32?,33+,34-,35?,36-,37+,38+,39?,40+,41+,42-/m1/s1. The van der Waals surface area contributed by atoms with Crippen molar-refractivity contribution < 1.29 is 52.5 Å². The van der Waals surface area contributed by atoms with Crippen molar-refractivity contribution in [1.29, 1.82) is 0 Å². The molecule has 302 valence electrons. The van der Waals surface area contributed by atoms with Crippen LogP contribution in [0.1, 0.15) is 97.8 Å². The lowest BCUT2D eigenvalue weighted by atomic mass is 9.79. The summed E-state index contributed by atoms with van der Waals surface area (Å²) in [5.74, 6) is -0.534. The third-order valence-electron chi connectivity index (χ3n) is 14.8. The highest BCUT2D eigenvalue weighted by molar-refractivity contribution is 5.79. The van der Waals surface area contributed by atoms with Gasteiger partial charge in [-0.2, -0.15) is 0 Å². The number of ketones is 1. The quantitative estimate of drug-likeness (QED) is 0.399. The molecule has 12 nitrogen and oxygen atoms in total. The Bertz CT molecular complexity index is 1460. The summed E-state index contributed by atoms with van der Waals surface area (Å²) in [6, 6.07) is 0. The first-order chi connectivity index (χ1) is 25.9. The minimum Gasteiger partial charge on any atom is -0.392 e. The normalized spacial score (nSPS) is 53.7. The van der Waals surface area contributed by atoms with Crippen LogP contribution < -0.4 is 5.73 Å². The summed E-state index contributed by atoms with van der Waals surface area (Å²) < 4.78 is 60.9. The topological polar surface area (TPSA) is 146 Å². The number of carbonyl (C=O) groups is 1. The lowest BCUT2D eigenvalue weighted by molar-refractivity contribution is -0.303. The lowest BCUT2D eigenvalue weighted by Crippen LogP contribution is -2.66. The van der Waals surface area contributed by atoms with Crippen molar-refractivity contribution in [2.24, 2.45) is 23.5 Å². The van der Waals surface area contributed by atoms with Gasteiger partial charge in [-0.1, -0.05) is 27.0 Å². The van der Waals surface area contributed by atoms with E-state index in [1.54, 1.807) is 7.11 Å². The lowest BCUT2D eigenvalue weighted by Gasteiger charge is -2.51. The van der Waals surface area contributed by atoms with Gasteiger partial charge in [-0.05, 0) is 68.4 Å². The van der Waals surface area contributed by atoms with Crippen LogP contribution in [-0.2, 0) is 47.4 Å². The van der Waals surface area contributed by atoms with Crippen LogP contribution in [0.2, 0.25) is 0 Å². The molecule has 20 atom stereocenters. The Morgan fingerprint density at radius 2 is 1.65 bits per heavy atom. The number of aliphatic hydroxyl groups excluding tert-OH is 1. The van der Waals surface area contributed by atoms with Gasteiger partial charge in [-0.25, -0.2) is 0 Å². The molecule has 0 aromatic heterocycles. The van der Waals surface area contributed by atoms with Gasteiger partial charge < -0.3 is 53.5 Å². The van der Waals surface area contributed by atoms with Crippen LogP contribution in [0, 0.1) is 17.8 Å². The van der Waals surface area contributed by atoms with E-state index in [1.165, 1.54) is 0 Å². The zero-order chi connectivity index (χ0) is 37.7. The molecule has 0 amide bonds. The number of hydrogen-bond donors (Lipinski definition) is 2. The molecule has 10 heterocycles. The molecule has 10 saturated heterocycles. The van der Waals surface area contributed by atoms with Crippen molar-refractivity contribution in [2.45, 2.75) is 201 Å². The zero-order valence-electron chi connectivity index (χ0n) is 32.6. The molecule has 0 aromatic carbocycles. The minimum atomic E-state index is -0.833. The molecule has 6 unspecified atom stereocenters. The van der Waals surface area contributed by atoms with Gasteiger partial charge in [0.25, 0.3) is 0 Å². The smallest absolute Gasteiger partial charge is 0.172 e. The van der Waals surface area contributed by atoms with Crippen LogP contribution in [0.5, 0.6) is 0 Å². The zero-order valence-corrected chi connectivity index (χ0v) is 32.6. The van der Waals surface area contributed by atoms with Crippen LogP contribution in [0.3, 0.4) is 0 Å². The number of aliphatic hydroxyl groups is 1. The van der Waals surface area contributed by atoms with Gasteiger partial charge >= 0.3 is 0 Å². The highest BCUT2D eigenvalue weighted by Crippen LogP contribution is 2.59. The average Bonchev–Trinajstić information content (AvgIpc) is 3.80. The first-order valence-electron chi connectivity index (χ1n) is 21.0. The number of nitrogens with two attached hydrogens (primary N) is 1. The summed E-state index contributed by atoms with van der Waals surface area (Å²) in [6.45, 7) is 15.7. The predicted molar refractivity (Wildman–Crippen MR) is 195 cm³/mol. The van der Waals surface area contributed by atoms with Crippen molar-refractivity contribution in [3.8, 4) is 0 Å². The van der Waals surface area contributed by atoms with Gasteiger partial charge in [-0.15, -0.1) is 0 Å². The summed E-state index contributed by atoms with van der Waals surface area (Å²) in [5, 5.41) is 10.6. The highest BCUT2D eigenvalue weighted by Gasteiger charge is 2.74. The third-order valence-corrected chi connectivity index (χ3v) is 14.8. The van der Waals surface area contributed by atoms with Gasteiger partial charge in [0, 0.05) is 58.1 Å². The van der Waals surface area contributed by atoms with E-state index in [0.717, 1.165) is 43.3 Å². The fourth-order valence-corrected chi connectivity index (χ4v) is 12.0. The molecule has 12 heteroatoms. The van der Waals surface area contributed by atoms with Crippen molar-refractivity contribution in [1.82, 2.24) is 0 Å². The van der Waals surface area contributed by atoms with E-state index in [1.807, 2.05) is 0 Å². The van der Waals surface area contributed by atoms with Gasteiger partial charge in [0.15, 0.2) is 5.79 Å². The molecule has 0 saturated carbocycles. The van der Waals surface area contributed by atoms with E-state index in [2.05, 4.69) is 33.9 Å². The monoisotopic (exact) mass is 757 g/mol. The number of carbonyl (C=O) groups excluding carboxylic acids is 1. The Morgan fingerprint density at radius 1 is 0.833 bits per heavy atom. The van der Waals surface area contributed by atoms with E-state index in [-0.39, 0.29) is 122 Å². The summed E-state index contributed by atoms with van der Waals surface area (Å²) >= 11 is 0. The Labute approximate surface area is 320 Å². The molecule has 3 N–H and O–H groups in total. The summed E-state index contributed by atoms with van der Waals surface area (Å²) in [5.41, 5.74) is 7.38. The van der Waals surface area contributed by atoms with E-state index < -0.39 is 23.6 Å². The second-order valence-corrected chi connectivity index (χ2v) is 18.6. The van der Waals surface area contributed by atoms with E-state index in [9.17, 15) is 9.90 Å². The second-order valence-electron chi connectivity index (χ2n) is 18.6. The minimum absolute atomic E-state index is 0.00933. The van der Waals surface area contributed by atoms with Crippen LogP contribution in [0.15, 0.2) is 24.3 Å². The van der Waals surface area contributed by atoms with Crippen molar-refractivity contribution >= 4 is 5.78 Å². The van der Waals surface area contributed by atoms with E-state index in [0.29, 0.717) is 32.1 Å². The highest BCUT2D eigenvalue weighted by atomic mass is 16.8. The molecule has 10 rings (SSSR count). The predicted octanol–water partition coefficient (Wildman–Crippen LogP) is 4.07. The maximum absolute atomic E-state index is 14.1. The molecule has 54 heavy (non-hydrogen) atoms. The van der Waals surface area contributed by atoms with Crippen LogP contribution in [0.4, 0.5) is 0 Å². The fraction of sp³-hybridized carbons (Fsp3) is 0.881. The van der Waals surface area contributed by atoms with Crippen LogP contribution in [-0.4, -0.2) is 127 Å². The fourth-order valence-electron chi connectivity index (χ4n) is 12.0. The first-order valence-corrected chi connectivity index (χ1v) is 21.0. The number of hydrogen-bond acceptors (Lipinski definition) is 12. The Kier molecular flexibility index (Phi) is 10.3. The summed E-state index contributed by atoms with van der Waals surface area (Å²) in [6.07, 6.45) is 3.68.